The molecule has 0 heterocycles. The molecule has 0 bridgehead atoms. The maximum absolute atomic E-state index is 12.8. The Labute approximate surface area is 262 Å². The summed E-state index contributed by atoms with van der Waals surface area (Å²) in [7, 11) is -11.7. The van der Waals surface area contributed by atoms with Crippen LogP contribution in [0.5, 0.6) is 11.5 Å². The molecule has 0 aliphatic carbocycles. The Balaban J connectivity index is 1.68. The molecule has 0 spiro atoms. The molecule has 0 saturated heterocycles. The lowest BCUT2D eigenvalue weighted by Gasteiger charge is -2.33. The van der Waals surface area contributed by atoms with Crippen LogP contribution >= 0.6 is 0 Å². The summed E-state index contributed by atoms with van der Waals surface area (Å²) in [5.41, 5.74) is -7.99. The minimum Gasteiger partial charge on any atom is -0.376 e. The van der Waals surface area contributed by atoms with E-state index >= 15 is 0 Å². The fourth-order valence-electron chi connectivity index (χ4n) is 4.89. The first-order valence-corrected chi connectivity index (χ1v) is 16.3. The highest BCUT2D eigenvalue weighted by Gasteiger charge is 2.49. The summed E-state index contributed by atoms with van der Waals surface area (Å²) in [6.07, 6.45) is 0. The third-order valence-corrected chi connectivity index (χ3v) is 9.76. The van der Waals surface area contributed by atoms with Crippen LogP contribution in [0.3, 0.4) is 0 Å². The highest BCUT2D eigenvalue weighted by Crippen LogP contribution is 2.41. The predicted octanol–water partition coefficient (Wildman–Crippen LogP) is 8.13. The van der Waals surface area contributed by atoms with Crippen LogP contribution in [0, 0.1) is 6.92 Å². The topological polar surface area (TPSA) is 86.7 Å². The van der Waals surface area contributed by atoms with Gasteiger partial charge in [0.05, 0.1) is 0 Å². The molecule has 4 aromatic carbocycles. The van der Waals surface area contributed by atoms with E-state index < -0.39 is 53.6 Å². The lowest BCUT2D eigenvalue weighted by molar-refractivity contribution is -0.0504. The van der Waals surface area contributed by atoms with E-state index in [9.17, 15) is 43.2 Å². The SMILES string of the molecule is Cc1ccc(C(C)(c2ccc(OS(=O)(=O)C(F)(F)F)cc2)c2ccc(C(C)(C)c3ccc(OS(=O)(=O)C(F)(F)F)cc3)cc2)cc1. The second-order valence-electron chi connectivity index (χ2n) is 11.2. The highest BCUT2D eigenvalue weighted by atomic mass is 32.2. The first kappa shape index (κ1) is 34.8. The van der Waals surface area contributed by atoms with Crippen LogP contribution in [0.15, 0.2) is 97.1 Å². The van der Waals surface area contributed by atoms with Gasteiger partial charge in [0.15, 0.2) is 0 Å². The summed E-state index contributed by atoms with van der Waals surface area (Å²) in [5.74, 6) is -0.995. The largest absolute Gasteiger partial charge is 0.534 e. The lowest BCUT2D eigenvalue weighted by atomic mass is 9.70. The Morgan fingerprint density at radius 1 is 0.457 bits per heavy atom. The van der Waals surface area contributed by atoms with Crippen LogP contribution in [0.2, 0.25) is 0 Å². The Bertz CT molecular complexity index is 1900. The van der Waals surface area contributed by atoms with Crippen molar-refractivity contribution in [3.63, 3.8) is 0 Å². The van der Waals surface area contributed by atoms with E-state index in [2.05, 4.69) is 8.37 Å². The third kappa shape index (κ3) is 6.87. The van der Waals surface area contributed by atoms with E-state index in [1.165, 1.54) is 24.3 Å². The van der Waals surface area contributed by atoms with E-state index in [4.69, 9.17) is 0 Å². The number of hydrogen-bond acceptors (Lipinski definition) is 6. The van der Waals surface area contributed by atoms with Gasteiger partial charge in [0.1, 0.15) is 11.5 Å². The van der Waals surface area contributed by atoms with Gasteiger partial charge in [0.2, 0.25) is 0 Å². The molecule has 0 radical (unpaired) electrons. The van der Waals surface area contributed by atoms with Gasteiger partial charge in [0.25, 0.3) is 0 Å². The van der Waals surface area contributed by atoms with Crippen molar-refractivity contribution in [2.75, 3.05) is 0 Å². The molecule has 0 saturated carbocycles. The monoisotopic (exact) mass is 686 g/mol. The molecular formula is C32H28F6O6S2. The van der Waals surface area contributed by atoms with Crippen molar-refractivity contribution in [3.8, 4) is 11.5 Å². The number of hydrogen-bond donors (Lipinski definition) is 0. The molecular weight excluding hydrogens is 658 g/mol. The fourth-order valence-corrected chi connectivity index (χ4v) is 5.81. The summed E-state index contributed by atoms with van der Waals surface area (Å²) in [4.78, 5) is 0. The minimum atomic E-state index is -5.85. The molecule has 4 rings (SSSR count). The molecule has 46 heavy (non-hydrogen) atoms. The number of rotatable bonds is 9. The molecule has 6 nitrogen and oxygen atoms in total. The van der Waals surface area contributed by atoms with Crippen LogP contribution in [0.25, 0.3) is 0 Å². The Morgan fingerprint density at radius 2 is 0.717 bits per heavy atom. The van der Waals surface area contributed by atoms with E-state index in [1.54, 1.807) is 0 Å². The summed E-state index contributed by atoms with van der Waals surface area (Å²) >= 11 is 0. The molecule has 14 heteroatoms. The lowest BCUT2D eigenvalue weighted by Crippen LogP contribution is -2.28. The smallest absolute Gasteiger partial charge is 0.376 e. The zero-order chi connectivity index (χ0) is 34.3. The zero-order valence-corrected chi connectivity index (χ0v) is 26.4. The molecule has 0 fully saturated rings. The number of alkyl halides is 6. The van der Waals surface area contributed by atoms with Crippen LogP contribution in [0.4, 0.5) is 26.3 Å². The summed E-state index contributed by atoms with van der Waals surface area (Å²) in [5, 5.41) is 0. The zero-order valence-electron chi connectivity index (χ0n) is 24.8. The van der Waals surface area contributed by atoms with Gasteiger partial charge in [-0.15, -0.1) is 0 Å². The van der Waals surface area contributed by atoms with Gasteiger partial charge < -0.3 is 8.37 Å². The number of benzene rings is 4. The highest BCUT2D eigenvalue weighted by molar-refractivity contribution is 7.88. The first-order valence-electron chi connectivity index (χ1n) is 13.5. The first-order chi connectivity index (χ1) is 21.1. The average molecular weight is 687 g/mol. The maximum Gasteiger partial charge on any atom is 0.534 e. The van der Waals surface area contributed by atoms with Crippen molar-refractivity contribution in [1.82, 2.24) is 0 Å². The van der Waals surface area contributed by atoms with Gasteiger partial charge in [0, 0.05) is 10.8 Å². The third-order valence-electron chi connectivity index (χ3n) is 7.80. The molecule has 1 unspecified atom stereocenters. The molecule has 0 aliphatic rings. The van der Waals surface area contributed by atoms with Gasteiger partial charge >= 0.3 is 31.3 Å². The van der Waals surface area contributed by atoms with E-state index in [-0.39, 0.29) is 0 Å². The van der Waals surface area contributed by atoms with Gasteiger partial charge in [-0.1, -0.05) is 92.2 Å². The van der Waals surface area contributed by atoms with Crippen LogP contribution in [-0.4, -0.2) is 27.9 Å². The van der Waals surface area contributed by atoms with Crippen molar-refractivity contribution in [2.45, 2.75) is 49.5 Å². The summed E-state index contributed by atoms with van der Waals surface area (Å²) in [6.45, 7) is 7.57. The molecule has 1 atom stereocenters. The fraction of sp³-hybridized carbons (Fsp3) is 0.250. The molecule has 4 aromatic rings. The van der Waals surface area contributed by atoms with Crippen molar-refractivity contribution in [3.05, 3.63) is 130 Å². The normalized spacial score (nSPS) is 14.4. The van der Waals surface area contributed by atoms with Gasteiger partial charge in [-0.3, -0.25) is 0 Å². The van der Waals surface area contributed by atoms with Gasteiger partial charge in [-0.05, 0) is 65.9 Å². The van der Waals surface area contributed by atoms with E-state index in [0.29, 0.717) is 11.1 Å². The Hall–Kier alpha value is -4.04. The maximum atomic E-state index is 12.8. The molecule has 0 N–H and O–H groups in total. The van der Waals surface area contributed by atoms with Crippen molar-refractivity contribution < 1.29 is 51.5 Å². The second kappa shape index (κ2) is 12.0. The van der Waals surface area contributed by atoms with Crippen molar-refractivity contribution in [1.29, 1.82) is 0 Å². The standard InChI is InChI=1S/C32H28F6O6S2/c1-21-5-7-24(8-6-21)30(4,26-15-19-28(20-16-26)44-46(41,42)32(36,37)38)25-11-9-22(10-12-25)29(2,3)23-13-17-27(18-14-23)43-45(39,40)31(33,34)35/h5-20H,1-4H3. The minimum absolute atomic E-state index is 0.492. The summed E-state index contributed by atoms with van der Waals surface area (Å²) in [6, 6.07) is 25.6. The second-order valence-corrected chi connectivity index (χ2v) is 14.3. The van der Waals surface area contributed by atoms with Gasteiger partial charge in [-0.25, -0.2) is 0 Å². The quantitative estimate of drug-likeness (QED) is 0.0765. The molecule has 0 aliphatic heterocycles. The van der Waals surface area contributed by atoms with Crippen LogP contribution < -0.4 is 8.37 Å². The molecule has 246 valence electrons. The Kier molecular flexibility index (Phi) is 9.05. The Morgan fingerprint density at radius 3 is 1.04 bits per heavy atom. The number of halogens is 6. The van der Waals surface area contributed by atoms with Gasteiger partial charge in [-0.2, -0.15) is 43.2 Å². The van der Waals surface area contributed by atoms with E-state index in [0.717, 1.165) is 46.5 Å². The average Bonchev–Trinajstić information content (AvgIpc) is 2.96. The molecule has 0 aromatic heterocycles. The number of aryl methyl sites for hydroxylation is 1. The van der Waals surface area contributed by atoms with Crippen LogP contribution in [-0.2, 0) is 31.1 Å². The predicted molar refractivity (Wildman–Crippen MR) is 159 cm³/mol. The van der Waals surface area contributed by atoms with Crippen LogP contribution in [0.1, 0.15) is 54.2 Å². The van der Waals surface area contributed by atoms with Crippen molar-refractivity contribution in [2.24, 2.45) is 0 Å². The van der Waals surface area contributed by atoms with E-state index in [1.807, 2.05) is 76.2 Å². The van der Waals surface area contributed by atoms with Crippen molar-refractivity contribution >= 4 is 20.2 Å². The molecule has 0 amide bonds. The summed E-state index contributed by atoms with van der Waals surface area (Å²) < 4.78 is 131.